The number of aryl methyl sites for hydroxylation is 1. The van der Waals surface area contributed by atoms with E-state index in [-0.39, 0.29) is 5.54 Å². The van der Waals surface area contributed by atoms with E-state index in [2.05, 4.69) is 61.2 Å². The summed E-state index contributed by atoms with van der Waals surface area (Å²) in [6, 6.07) is 8.48. The second kappa shape index (κ2) is 6.37. The third-order valence-corrected chi connectivity index (χ3v) is 3.84. The molecule has 0 saturated carbocycles. The summed E-state index contributed by atoms with van der Waals surface area (Å²) < 4.78 is 0. The predicted molar refractivity (Wildman–Crippen MR) is 83.9 cm³/mol. The smallest absolute Gasteiger partial charge is 0.116 e. The molecule has 0 fully saturated rings. The maximum absolute atomic E-state index is 4.23. The molecule has 2 aromatic rings. The summed E-state index contributed by atoms with van der Waals surface area (Å²) in [7, 11) is 0. The van der Waals surface area contributed by atoms with Crippen LogP contribution in [0.2, 0.25) is 0 Å². The highest BCUT2D eigenvalue weighted by Gasteiger charge is 2.09. The summed E-state index contributed by atoms with van der Waals surface area (Å²) in [6.07, 6.45) is 3.35. The predicted octanol–water partition coefficient (Wildman–Crippen LogP) is 3.82. The molecule has 1 aromatic carbocycles. The van der Waals surface area contributed by atoms with Gasteiger partial charge < -0.3 is 5.32 Å². The average Bonchev–Trinajstić information content (AvgIpc) is 2.38. The van der Waals surface area contributed by atoms with Crippen LogP contribution in [-0.2, 0) is 6.54 Å². The maximum Gasteiger partial charge on any atom is 0.116 e. The van der Waals surface area contributed by atoms with Crippen molar-refractivity contribution in [2.45, 2.75) is 49.7 Å². The topological polar surface area (TPSA) is 37.8 Å². The summed E-state index contributed by atoms with van der Waals surface area (Å²) in [5.74, 6) is 0. The van der Waals surface area contributed by atoms with Gasteiger partial charge in [-0.05, 0) is 57.0 Å². The summed E-state index contributed by atoms with van der Waals surface area (Å²) >= 11 is 1.66. The van der Waals surface area contributed by atoms with Crippen molar-refractivity contribution in [1.82, 2.24) is 15.3 Å². The lowest BCUT2D eigenvalue weighted by molar-refractivity contribution is 0.424. The van der Waals surface area contributed by atoms with Crippen LogP contribution in [0.25, 0.3) is 0 Å². The summed E-state index contributed by atoms with van der Waals surface area (Å²) in [5.41, 5.74) is 2.79. The van der Waals surface area contributed by atoms with E-state index < -0.39 is 0 Å². The number of rotatable bonds is 4. The van der Waals surface area contributed by atoms with E-state index in [0.29, 0.717) is 0 Å². The van der Waals surface area contributed by atoms with Crippen molar-refractivity contribution >= 4 is 11.8 Å². The second-order valence-corrected chi connectivity index (χ2v) is 6.94. The third kappa shape index (κ3) is 4.62. The summed E-state index contributed by atoms with van der Waals surface area (Å²) in [5, 5.41) is 4.49. The molecule has 0 aliphatic heterocycles. The molecule has 0 saturated heterocycles. The molecule has 2 rings (SSSR count). The van der Waals surface area contributed by atoms with Gasteiger partial charge in [-0.25, -0.2) is 9.97 Å². The zero-order valence-electron chi connectivity index (χ0n) is 12.5. The first-order valence-electron chi connectivity index (χ1n) is 6.72. The number of hydrogen-bond acceptors (Lipinski definition) is 4. The Kier molecular flexibility index (Phi) is 4.78. The zero-order chi connectivity index (χ0) is 14.6. The Morgan fingerprint density at radius 1 is 1.20 bits per heavy atom. The Hall–Kier alpha value is -1.39. The molecular weight excluding hydrogens is 266 g/mol. The highest BCUT2D eigenvalue weighted by atomic mass is 32.2. The van der Waals surface area contributed by atoms with E-state index in [1.54, 1.807) is 24.3 Å². The van der Waals surface area contributed by atoms with Crippen LogP contribution >= 0.6 is 11.8 Å². The molecule has 0 amide bonds. The minimum Gasteiger partial charge on any atom is -0.308 e. The third-order valence-electron chi connectivity index (χ3n) is 2.90. The van der Waals surface area contributed by atoms with Crippen molar-refractivity contribution in [3.8, 4) is 0 Å². The van der Waals surface area contributed by atoms with Gasteiger partial charge in [0.25, 0.3) is 0 Å². The Bertz CT molecular complexity index is 562. The van der Waals surface area contributed by atoms with Crippen molar-refractivity contribution in [1.29, 1.82) is 0 Å². The van der Waals surface area contributed by atoms with Gasteiger partial charge in [0.2, 0.25) is 0 Å². The molecule has 0 bridgehead atoms. The first-order chi connectivity index (χ1) is 9.44. The van der Waals surface area contributed by atoms with Crippen molar-refractivity contribution in [2.24, 2.45) is 0 Å². The van der Waals surface area contributed by atoms with E-state index in [9.17, 15) is 0 Å². The Morgan fingerprint density at radius 2 is 2.00 bits per heavy atom. The molecule has 0 aliphatic rings. The highest BCUT2D eigenvalue weighted by Crippen LogP contribution is 2.27. The van der Waals surface area contributed by atoms with Crippen molar-refractivity contribution in [3.05, 3.63) is 47.9 Å². The van der Waals surface area contributed by atoms with Crippen LogP contribution in [0.1, 0.15) is 31.9 Å². The standard InChI is InChI=1S/C16H21N3S/c1-12-9-14(20-15-7-8-17-11-18-15)6-5-13(12)10-19-16(2,3)4/h5-9,11,19H,10H2,1-4H3. The quantitative estimate of drug-likeness (QED) is 0.867. The van der Waals surface area contributed by atoms with Gasteiger partial charge in [-0.3, -0.25) is 0 Å². The lowest BCUT2D eigenvalue weighted by Crippen LogP contribution is -2.35. The number of benzene rings is 1. The van der Waals surface area contributed by atoms with Gasteiger partial charge in [-0.15, -0.1) is 0 Å². The fourth-order valence-corrected chi connectivity index (χ4v) is 2.59. The minimum atomic E-state index is 0.140. The molecule has 1 aromatic heterocycles. The molecular formula is C16H21N3S. The fraction of sp³-hybridized carbons (Fsp3) is 0.375. The van der Waals surface area contributed by atoms with E-state index in [1.807, 2.05) is 6.07 Å². The van der Waals surface area contributed by atoms with Crippen LogP contribution in [0.15, 0.2) is 46.7 Å². The number of nitrogens with zero attached hydrogens (tertiary/aromatic N) is 2. The Morgan fingerprint density at radius 3 is 2.60 bits per heavy atom. The lowest BCUT2D eigenvalue weighted by atomic mass is 10.1. The Labute approximate surface area is 125 Å². The molecule has 0 radical (unpaired) electrons. The van der Waals surface area contributed by atoms with Gasteiger partial charge in [0.05, 0.1) is 0 Å². The molecule has 1 N–H and O–H groups in total. The molecule has 0 aliphatic carbocycles. The van der Waals surface area contributed by atoms with Crippen LogP contribution in [0.3, 0.4) is 0 Å². The molecule has 4 heteroatoms. The van der Waals surface area contributed by atoms with Gasteiger partial charge in [0.1, 0.15) is 11.4 Å². The fourth-order valence-electron chi connectivity index (χ4n) is 1.75. The average molecular weight is 287 g/mol. The van der Waals surface area contributed by atoms with Crippen LogP contribution in [0.4, 0.5) is 0 Å². The Balaban J connectivity index is 2.06. The summed E-state index contributed by atoms with van der Waals surface area (Å²) in [4.78, 5) is 9.38. The lowest BCUT2D eigenvalue weighted by Gasteiger charge is -2.21. The SMILES string of the molecule is Cc1cc(Sc2ccncn2)ccc1CNC(C)(C)C. The van der Waals surface area contributed by atoms with E-state index in [1.165, 1.54) is 16.0 Å². The minimum absolute atomic E-state index is 0.140. The van der Waals surface area contributed by atoms with Gasteiger partial charge >= 0.3 is 0 Å². The van der Waals surface area contributed by atoms with Crippen molar-refractivity contribution in [2.75, 3.05) is 0 Å². The van der Waals surface area contributed by atoms with Crippen molar-refractivity contribution < 1.29 is 0 Å². The van der Waals surface area contributed by atoms with Crippen LogP contribution in [0.5, 0.6) is 0 Å². The molecule has 106 valence electrons. The largest absolute Gasteiger partial charge is 0.308 e. The van der Waals surface area contributed by atoms with Crippen LogP contribution in [-0.4, -0.2) is 15.5 Å². The monoisotopic (exact) mass is 287 g/mol. The number of nitrogens with one attached hydrogen (secondary N) is 1. The van der Waals surface area contributed by atoms with Crippen LogP contribution in [0, 0.1) is 6.92 Å². The van der Waals surface area contributed by atoms with Gasteiger partial charge in [-0.2, -0.15) is 0 Å². The first kappa shape index (κ1) is 15.0. The maximum atomic E-state index is 4.23. The summed E-state index contributed by atoms with van der Waals surface area (Å²) in [6.45, 7) is 9.60. The van der Waals surface area contributed by atoms with Gasteiger partial charge in [0, 0.05) is 23.2 Å². The normalized spacial score (nSPS) is 11.6. The molecule has 1 heterocycles. The van der Waals surface area contributed by atoms with Gasteiger partial charge in [-0.1, -0.05) is 17.8 Å². The first-order valence-corrected chi connectivity index (χ1v) is 7.54. The van der Waals surface area contributed by atoms with Gasteiger partial charge in [0.15, 0.2) is 0 Å². The van der Waals surface area contributed by atoms with Crippen LogP contribution < -0.4 is 5.32 Å². The van der Waals surface area contributed by atoms with E-state index >= 15 is 0 Å². The molecule has 20 heavy (non-hydrogen) atoms. The molecule has 0 spiro atoms. The number of aromatic nitrogens is 2. The van der Waals surface area contributed by atoms with E-state index in [4.69, 9.17) is 0 Å². The molecule has 0 unspecified atom stereocenters. The zero-order valence-corrected chi connectivity index (χ0v) is 13.3. The molecule has 3 nitrogen and oxygen atoms in total. The number of hydrogen-bond donors (Lipinski definition) is 1. The molecule has 0 atom stereocenters. The van der Waals surface area contributed by atoms with E-state index in [0.717, 1.165) is 11.6 Å². The second-order valence-electron chi connectivity index (χ2n) is 5.84. The highest BCUT2D eigenvalue weighted by molar-refractivity contribution is 7.99. The van der Waals surface area contributed by atoms with Crippen molar-refractivity contribution in [3.63, 3.8) is 0 Å².